The van der Waals surface area contributed by atoms with Crippen LogP contribution >= 0.6 is 0 Å². The molecule has 0 unspecified atom stereocenters. The molecule has 0 saturated heterocycles. The van der Waals surface area contributed by atoms with Crippen LogP contribution in [-0.4, -0.2) is 49.8 Å². The Morgan fingerprint density at radius 1 is 1.37 bits per heavy atom. The zero-order valence-electron chi connectivity index (χ0n) is 15.3. The van der Waals surface area contributed by atoms with Gasteiger partial charge in [-0.1, -0.05) is 23.4 Å². The van der Waals surface area contributed by atoms with Crippen molar-refractivity contribution in [1.29, 1.82) is 0 Å². The molecule has 1 aromatic heterocycles. The summed E-state index contributed by atoms with van der Waals surface area (Å²) >= 11 is 0. The molecule has 1 aliphatic carbocycles. The molecule has 0 atom stereocenters. The summed E-state index contributed by atoms with van der Waals surface area (Å²) in [6, 6.07) is 9.11. The Morgan fingerprint density at radius 3 is 2.78 bits per heavy atom. The number of aromatic nitrogens is 1. The molecule has 1 amide bonds. The normalized spacial score (nSPS) is 14.4. The van der Waals surface area contributed by atoms with Crippen molar-refractivity contribution in [2.45, 2.75) is 25.8 Å². The number of rotatable bonds is 8. The fourth-order valence-corrected chi connectivity index (χ4v) is 3.16. The lowest BCUT2D eigenvalue weighted by Gasteiger charge is -2.18. The van der Waals surface area contributed by atoms with Gasteiger partial charge in [0.15, 0.2) is 9.84 Å². The smallest absolute Gasteiger partial charge is 0.293 e. The molecule has 2 aromatic rings. The van der Waals surface area contributed by atoms with Gasteiger partial charge in [-0.2, -0.15) is 0 Å². The van der Waals surface area contributed by atoms with Crippen LogP contribution in [0.15, 0.2) is 46.3 Å². The standard InChI is InChI=1S/C19H22N2O5S/c1-3-25-17-8-5-4-7-15(17)16-13-18(26-20-16)19(22)21(14-9-10-14)11-6-12-27(2,23)24/h4-8,12-14H,3,9-11H2,1-2H3/b12-6+. The van der Waals surface area contributed by atoms with Crippen LogP contribution in [0, 0.1) is 0 Å². The molecule has 27 heavy (non-hydrogen) atoms. The van der Waals surface area contributed by atoms with E-state index in [1.165, 1.54) is 6.08 Å². The highest BCUT2D eigenvalue weighted by molar-refractivity contribution is 7.93. The van der Waals surface area contributed by atoms with Gasteiger partial charge in [0.05, 0.1) is 6.61 Å². The monoisotopic (exact) mass is 390 g/mol. The number of benzene rings is 1. The summed E-state index contributed by atoms with van der Waals surface area (Å²) in [5.74, 6) is 0.488. The molecule has 1 aromatic carbocycles. The van der Waals surface area contributed by atoms with Crippen molar-refractivity contribution in [3.63, 3.8) is 0 Å². The van der Waals surface area contributed by atoms with Crippen LogP contribution in [0.5, 0.6) is 5.75 Å². The number of carbonyl (C=O) groups is 1. The Balaban J connectivity index is 1.80. The van der Waals surface area contributed by atoms with E-state index in [-0.39, 0.29) is 24.3 Å². The lowest BCUT2D eigenvalue weighted by molar-refractivity contribution is 0.0720. The van der Waals surface area contributed by atoms with Crippen molar-refractivity contribution in [2.75, 3.05) is 19.4 Å². The van der Waals surface area contributed by atoms with Crippen LogP contribution in [0.3, 0.4) is 0 Å². The SMILES string of the molecule is CCOc1ccccc1-c1cc(C(=O)N(C/C=C/S(C)(=O)=O)C2CC2)on1. The third-order valence-corrected chi connectivity index (χ3v) is 4.76. The fraction of sp³-hybridized carbons (Fsp3) is 0.368. The van der Waals surface area contributed by atoms with Crippen LogP contribution in [0.4, 0.5) is 0 Å². The van der Waals surface area contributed by atoms with E-state index in [0.29, 0.717) is 18.1 Å². The highest BCUT2D eigenvalue weighted by Crippen LogP contribution is 2.31. The number of ether oxygens (including phenoxy) is 1. The summed E-state index contributed by atoms with van der Waals surface area (Å²) in [6.45, 7) is 2.62. The number of sulfone groups is 1. The first-order valence-electron chi connectivity index (χ1n) is 8.75. The minimum Gasteiger partial charge on any atom is -0.493 e. The van der Waals surface area contributed by atoms with E-state index in [1.807, 2.05) is 31.2 Å². The van der Waals surface area contributed by atoms with Crippen molar-refractivity contribution in [2.24, 2.45) is 0 Å². The highest BCUT2D eigenvalue weighted by Gasteiger charge is 2.34. The Kier molecular flexibility index (Phi) is 5.65. The van der Waals surface area contributed by atoms with Gasteiger partial charge in [0.1, 0.15) is 11.4 Å². The summed E-state index contributed by atoms with van der Waals surface area (Å²) < 4.78 is 33.4. The van der Waals surface area contributed by atoms with Gasteiger partial charge < -0.3 is 14.2 Å². The molecule has 0 aliphatic heterocycles. The van der Waals surface area contributed by atoms with Crippen LogP contribution < -0.4 is 4.74 Å². The molecule has 0 N–H and O–H groups in total. The van der Waals surface area contributed by atoms with Gasteiger partial charge in [-0.3, -0.25) is 4.79 Å². The molecular formula is C19H22N2O5S. The maximum atomic E-state index is 12.8. The first kappa shape index (κ1) is 19.2. The summed E-state index contributed by atoms with van der Waals surface area (Å²) in [7, 11) is -3.23. The Bertz CT molecular complexity index is 945. The minimum atomic E-state index is -3.23. The van der Waals surface area contributed by atoms with Crippen LogP contribution in [0.25, 0.3) is 11.3 Å². The van der Waals surface area contributed by atoms with Crippen molar-refractivity contribution in [1.82, 2.24) is 10.1 Å². The molecule has 0 spiro atoms. The first-order valence-corrected chi connectivity index (χ1v) is 10.7. The molecule has 0 radical (unpaired) electrons. The largest absolute Gasteiger partial charge is 0.493 e. The maximum absolute atomic E-state index is 12.8. The van der Waals surface area contributed by atoms with E-state index in [4.69, 9.17) is 9.26 Å². The van der Waals surface area contributed by atoms with Crippen molar-refractivity contribution < 1.29 is 22.5 Å². The van der Waals surface area contributed by atoms with Crippen LogP contribution in [0.1, 0.15) is 30.3 Å². The topological polar surface area (TPSA) is 89.7 Å². The maximum Gasteiger partial charge on any atom is 0.293 e. The third kappa shape index (κ3) is 4.97. The molecule has 0 bridgehead atoms. The second-order valence-corrected chi connectivity index (χ2v) is 8.33. The van der Waals surface area contributed by atoms with Gasteiger partial charge in [-0.15, -0.1) is 0 Å². The number of hydrogen-bond donors (Lipinski definition) is 0. The lowest BCUT2D eigenvalue weighted by atomic mass is 10.1. The lowest BCUT2D eigenvalue weighted by Crippen LogP contribution is -2.33. The van der Waals surface area contributed by atoms with Gasteiger partial charge >= 0.3 is 0 Å². The minimum absolute atomic E-state index is 0.103. The van der Waals surface area contributed by atoms with Crippen LogP contribution in [-0.2, 0) is 9.84 Å². The van der Waals surface area contributed by atoms with E-state index < -0.39 is 9.84 Å². The van der Waals surface area contributed by atoms with E-state index in [2.05, 4.69) is 5.16 Å². The zero-order chi connectivity index (χ0) is 19.4. The molecular weight excluding hydrogens is 368 g/mol. The first-order chi connectivity index (χ1) is 12.9. The van der Waals surface area contributed by atoms with Crippen molar-refractivity contribution in [3.05, 3.63) is 47.6 Å². The quantitative estimate of drug-likeness (QED) is 0.688. The van der Waals surface area contributed by atoms with E-state index in [1.54, 1.807) is 11.0 Å². The average molecular weight is 390 g/mol. The molecule has 1 fully saturated rings. The van der Waals surface area contributed by atoms with Crippen LogP contribution in [0.2, 0.25) is 0 Å². The second-order valence-electron chi connectivity index (χ2n) is 6.40. The molecule has 3 rings (SSSR count). The number of nitrogens with zero attached hydrogens (tertiary/aromatic N) is 2. The molecule has 1 saturated carbocycles. The third-order valence-electron chi connectivity index (χ3n) is 4.08. The molecule has 1 heterocycles. The predicted molar refractivity (Wildman–Crippen MR) is 101 cm³/mol. The summed E-state index contributed by atoms with van der Waals surface area (Å²) in [4.78, 5) is 14.4. The Morgan fingerprint density at radius 2 is 2.11 bits per heavy atom. The zero-order valence-corrected chi connectivity index (χ0v) is 16.1. The number of amides is 1. The summed E-state index contributed by atoms with van der Waals surface area (Å²) in [5, 5.41) is 5.13. The molecule has 7 nitrogen and oxygen atoms in total. The number of para-hydroxylation sites is 1. The molecule has 144 valence electrons. The molecule has 8 heteroatoms. The molecule has 1 aliphatic rings. The Labute approximate surface area is 158 Å². The van der Waals surface area contributed by atoms with Gasteiger partial charge in [0, 0.05) is 35.9 Å². The summed E-state index contributed by atoms with van der Waals surface area (Å²) in [6.07, 6.45) is 4.39. The average Bonchev–Trinajstić information content (AvgIpc) is 3.34. The van der Waals surface area contributed by atoms with Crippen molar-refractivity contribution >= 4 is 15.7 Å². The van der Waals surface area contributed by atoms with Gasteiger partial charge in [0.25, 0.3) is 5.91 Å². The van der Waals surface area contributed by atoms with E-state index in [9.17, 15) is 13.2 Å². The fourth-order valence-electron chi connectivity index (χ4n) is 2.72. The van der Waals surface area contributed by atoms with Gasteiger partial charge in [-0.05, 0) is 31.9 Å². The number of carbonyl (C=O) groups excluding carboxylic acids is 1. The van der Waals surface area contributed by atoms with Crippen molar-refractivity contribution in [3.8, 4) is 17.0 Å². The van der Waals surface area contributed by atoms with Gasteiger partial charge in [-0.25, -0.2) is 8.42 Å². The highest BCUT2D eigenvalue weighted by atomic mass is 32.2. The van der Waals surface area contributed by atoms with E-state index in [0.717, 1.165) is 30.1 Å². The number of hydrogen-bond acceptors (Lipinski definition) is 6. The predicted octanol–water partition coefficient (Wildman–Crippen LogP) is 2.90. The van der Waals surface area contributed by atoms with E-state index >= 15 is 0 Å². The van der Waals surface area contributed by atoms with Gasteiger partial charge in [0.2, 0.25) is 5.76 Å². The second kappa shape index (κ2) is 7.96. The summed E-state index contributed by atoms with van der Waals surface area (Å²) in [5.41, 5.74) is 1.27. The Hall–Kier alpha value is -2.61.